The Bertz CT molecular complexity index is 159. The first-order chi connectivity index (χ1) is 5.20. The predicted octanol–water partition coefficient (Wildman–Crippen LogP) is 0.739. The predicted molar refractivity (Wildman–Crippen MR) is 50.7 cm³/mol. The van der Waals surface area contributed by atoms with Crippen LogP contribution < -0.4 is 5.73 Å². The Labute approximate surface area is 78.6 Å². The number of carbonyl (C=O) groups excluding carboxylic acids is 1. The van der Waals surface area contributed by atoms with Crippen LogP contribution in [0.25, 0.3) is 0 Å². The smallest absolute Gasteiger partial charge is 0.313 e. The fourth-order valence-electron chi connectivity index (χ4n) is 0.619. The standard InChI is InChI=1S/C7H14N2O2.ClH/c1-3-9-6(8)5-7(10)11-4-2;/h3-5H2,1-2H3,(H2,8,9);1H. The van der Waals surface area contributed by atoms with Gasteiger partial charge in [-0.2, -0.15) is 0 Å². The zero-order chi connectivity index (χ0) is 8.69. The van der Waals surface area contributed by atoms with E-state index in [4.69, 9.17) is 5.73 Å². The Morgan fingerprint density at radius 2 is 2.08 bits per heavy atom. The van der Waals surface area contributed by atoms with E-state index >= 15 is 0 Å². The van der Waals surface area contributed by atoms with Crippen LogP contribution in [0.3, 0.4) is 0 Å². The summed E-state index contributed by atoms with van der Waals surface area (Å²) in [6.45, 7) is 4.60. The van der Waals surface area contributed by atoms with Gasteiger partial charge in [0, 0.05) is 6.54 Å². The number of carbonyl (C=O) groups is 1. The van der Waals surface area contributed by atoms with Crippen molar-refractivity contribution < 1.29 is 9.53 Å². The number of amidine groups is 1. The van der Waals surface area contributed by atoms with Gasteiger partial charge in [-0.05, 0) is 13.8 Å². The summed E-state index contributed by atoms with van der Waals surface area (Å²) in [5, 5.41) is 0. The van der Waals surface area contributed by atoms with Gasteiger partial charge in [-0.25, -0.2) is 0 Å². The van der Waals surface area contributed by atoms with Gasteiger partial charge in [-0.1, -0.05) is 0 Å². The number of aliphatic imine (C=N–C) groups is 1. The number of esters is 1. The number of hydrogen-bond donors (Lipinski definition) is 1. The molecule has 0 radical (unpaired) electrons. The number of hydrogen-bond acceptors (Lipinski definition) is 3. The van der Waals surface area contributed by atoms with Crippen LogP contribution in [0.1, 0.15) is 20.3 Å². The topological polar surface area (TPSA) is 64.7 Å². The highest BCUT2D eigenvalue weighted by Crippen LogP contribution is 1.86. The van der Waals surface area contributed by atoms with Crippen LogP contribution in [-0.4, -0.2) is 25.0 Å². The van der Waals surface area contributed by atoms with Crippen molar-refractivity contribution in [3.63, 3.8) is 0 Å². The van der Waals surface area contributed by atoms with Crippen LogP contribution in [0.15, 0.2) is 4.99 Å². The molecule has 0 heterocycles. The molecule has 0 saturated carbocycles. The maximum atomic E-state index is 10.7. The highest BCUT2D eigenvalue weighted by Gasteiger charge is 2.02. The maximum absolute atomic E-state index is 10.7. The first-order valence-electron chi connectivity index (χ1n) is 3.65. The molecule has 12 heavy (non-hydrogen) atoms. The van der Waals surface area contributed by atoms with E-state index in [0.29, 0.717) is 19.0 Å². The molecule has 0 amide bonds. The summed E-state index contributed by atoms with van der Waals surface area (Å²) in [5.74, 6) is 0.0214. The van der Waals surface area contributed by atoms with Crippen LogP contribution in [0, 0.1) is 0 Å². The van der Waals surface area contributed by atoms with Crippen LogP contribution in [-0.2, 0) is 9.53 Å². The van der Waals surface area contributed by atoms with Gasteiger partial charge in [0.1, 0.15) is 12.3 Å². The summed E-state index contributed by atoms with van der Waals surface area (Å²) in [6, 6.07) is 0. The molecule has 0 bridgehead atoms. The molecule has 0 aliphatic heterocycles. The number of ether oxygens (including phenoxy) is 1. The largest absolute Gasteiger partial charge is 0.466 e. The normalized spacial score (nSPS) is 10.3. The molecular weight excluding hydrogens is 180 g/mol. The minimum atomic E-state index is -0.317. The summed E-state index contributed by atoms with van der Waals surface area (Å²) < 4.78 is 4.66. The van der Waals surface area contributed by atoms with Gasteiger partial charge in [-0.3, -0.25) is 9.79 Å². The Morgan fingerprint density at radius 1 is 1.50 bits per heavy atom. The van der Waals surface area contributed by atoms with Crippen molar-refractivity contribution in [2.75, 3.05) is 13.2 Å². The third-order valence-corrected chi connectivity index (χ3v) is 0.992. The van der Waals surface area contributed by atoms with Crippen molar-refractivity contribution in [2.24, 2.45) is 10.7 Å². The summed E-state index contributed by atoms with van der Waals surface area (Å²) in [5.41, 5.74) is 5.36. The quantitative estimate of drug-likeness (QED) is 0.408. The van der Waals surface area contributed by atoms with Crippen LogP contribution >= 0.6 is 12.4 Å². The van der Waals surface area contributed by atoms with Gasteiger partial charge in [0.2, 0.25) is 0 Å². The fraction of sp³-hybridized carbons (Fsp3) is 0.714. The Morgan fingerprint density at radius 3 is 2.50 bits per heavy atom. The number of rotatable bonds is 4. The average molecular weight is 195 g/mol. The van der Waals surface area contributed by atoms with E-state index in [-0.39, 0.29) is 24.8 Å². The summed E-state index contributed by atoms with van der Waals surface area (Å²) in [6.07, 6.45) is 0.0989. The van der Waals surface area contributed by atoms with E-state index in [1.54, 1.807) is 6.92 Å². The van der Waals surface area contributed by atoms with Crippen molar-refractivity contribution in [1.82, 2.24) is 0 Å². The molecule has 0 unspecified atom stereocenters. The number of nitrogens with two attached hydrogens (primary N) is 1. The monoisotopic (exact) mass is 194 g/mol. The van der Waals surface area contributed by atoms with Crippen molar-refractivity contribution in [1.29, 1.82) is 0 Å². The molecule has 0 aliphatic carbocycles. The molecule has 0 spiro atoms. The van der Waals surface area contributed by atoms with Gasteiger partial charge >= 0.3 is 5.97 Å². The molecule has 0 aliphatic rings. The van der Waals surface area contributed by atoms with E-state index in [2.05, 4.69) is 9.73 Å². The maximum Gasteiger partial charge on any atom is 0.313 e. The second kappa shape index (κ2) is 8.33. The zero-order valence-electron chi connectivity index (χ0n) is 7.37. The van der Waals surface area contributed by atoms with E-state index < -0.39 is 0 Å². The van der Waals surface area contributed by atoms with E-state index in [1.807, 2.05) is 6.92 Å². The molecule has 0 aromatic heterocycles. The SMILES string of the molecule is CCN=C(N)CC(=O)OCC.Cl. The first kappa shape index (κ1) is 13.8. The molecule has 0 fully saturated rings. The van der Waals surface area contributed by atoms with Gasteiger partial charge in [0.05, 0.1) is 6.61 Å². The van der Waals surface area contributed by atoms with Crippen molar-refractivity contribution >= 4 is 24.2 Å². The molecule has 2 N–H and O–H groups in total. The van der Waals surface area contributed by atoms with Crippen molar-refractivity contribution in [3.8, 4) is 0 Å². The summed E-state index contributed by atoms with van der Waals surface area (Å²) in [7, 11) is 0. The van der Waals surface area contributed by atoms with Gasteiger partial charge < -0.3 is 10.5 Å². The fourth-order valence-corrected chi connectivity index (χ4v) is 0.619. The second-order valence-electron chi connectivity index (χ2n) is 1.95. The van der Waals surface area contributed by atoms with Gasteiger partial charge in [0.15, 0.2) is 0 Å². The highest BCUT2D eigenvalue weighted by atomic mass is 35.5. The second-order valence-corrected chi connectivity index (χ2v) is 1.95. The number of halogens is 1. The number of nitrogens with zero attached hydrogens (tertiary/aromatic N) is 1. The van der Waals surface area contributed by atoms with Gasteiger partial charge in [0.25, 0.3) is 0 Å². The molecular formula is C7H15ClN2O2. The van der Waals surface area contributed by atoms with Crippen LogP contribution in [0.5, 0.6) is 0 Å². The first-order valence-corrected chi connectivity index (χ1v) is 3.65. The molecule has 4 nitrogen and oxygen atoms in total. The van der Waals surface area contributed by atoms with Crippen LogP contribution in [0.4, 0.5) is 0 Å². The molecule has 0 rings (SSSR count). The molecule has 0 saturated heterocycles. The van der Waals surface area contributed by atoms with Gasteiger partial charge in [-0.15, -0.1) is 12.4 Å². The van der Waals surface area contributed by atoms with Crippen molar-refractivity contribution in [2.45, 2.75) is 20.3 Å². The molecule has 0 atom stereocenters. The Balaban J connectivity index is 0. The van der Waals surface area contributed by atoms with Crippen LogP contribution in [0.2, 0.25) is 0 Å². The summed E-state index contributed by atoms with van der Waals surface area (Å²) in [4.78, 5) is 14.6. The lowest BCUT2D eigenvalue weighted by Gasteiger charge is -1.99. The molecule has 72 valence electrons. The van der Waals surface area contributed by atoms with E-state index in [9.17, 15) is 4.79 Å². The molecule has 5 heteroatoms. The Hall–Kier alpha value is -0.770. The summed E-state index contributed by atoms with van der Waals surface area (Å²) >= 11 is 0. The third kappa shape index (κ3) is 7.34. The Kier molecular flexibility index (Phi) is 9.57. The molecule has 0 aromatic rings. The van der Waals surface area contributed by atoms with E-state index in [1.165, 1.54) is 0 Å². The third-order valence-electron chi connectivity index (χ3n) is 0.992. The van der Waals surface area contributed by atoms with Crippen molar-refractivity contribution in [3.05, 3.63) is 0 Å². The lowest BCUT2D eigenvalue weighted by Crippen LogP contribution is -2.19. The minimum absolute atomic E-state index is 0. The zero-order valence-corrected chi connectivity index (χ0v) is 8.19. The minimum Gasteiger partial charge on any atom is -0.466 e. The lowest BCUT2D eigenvalue weighted by atomic mass is 10.4. The lowest BCUT2D eigenvalue weighted by molar-refractivity contribution is -0.141. The average Bonchev–Trinajstić information content (AvgIpc) is 1.87. The van der Waals surface area contributed by atoms with E-state index in [0.717, 1.165) is 0 Å². The molecule has 0 aromatic carbocycles. The highest BCUT2D eigenvalue weighted by molar-refractivity contribution is 5.96.